The highest BCUT2D eigenvalue weighted by Gasteiger charge is 1.92. The van der Waals surface area contributed by atoms with Crippen molar-refractivity contribution in [3.05, 3.63) is 26.9 Å². The monoisotopic (exact) mass is 214 g/mol. The summed E-state index contributed by atoms with van der Waals surface area (Å²) < 4.78 is 1.36. The van der Waals surface area contributed by atoms with Crippen LogP contribution in [0.5, 0.6) is 0 Å². The van der Waals surface area contributed by atoms with Gasteiger partial charge in [-0.2, -0.15) is 5.26 Å². The fraction of sp³-hybridized carbons (Fsp3) is 0. The number of nitrogens with one attached hydrogen (secondary N) is 1. The zero-order chi connectivity index (χ0) is 7.56. The highest BCUT2D eigenvalue weighted by atomic mass is 79.9. The lowest BCUT2D eigenvalue weighted by Gasteiger charge is -1.89. The van der Waals surface area contributed by atoms with Crippen LogP contribution in [0.2, 0.25) is 0 Å². The van der Waals surface area contributed by atoms with Crippen LogP contribution in [0.1, 0.15) is 5.56 Å². The Labute approximate surface area is 71.6 Å². The lowest BCUT2D eigenvalue weighted by molar-refractivity contribution is 1.26. The minimum atomic E-state index is 0.570. The normalized spacial score (nSPS) is 8.80. The van der Waals surface area contributed by atoms with Gasteiger partial charge in [-0.25, -0.2) is 0 Å². The number of aromatic nitrogens is 1. The third-order valence-corrected chi connectivity index (χ3v) is 2.21. The Kier molecular flexibility index (Phi) is 2.20. The van der Waals surface area contributed by atoms with Crippen molar-refractivity contribution in [2.75, 3.05) is 0 Å². The maximum absolute atomic E-state index is 8.43. The second-order valence-electron chi connectivity index (χ2n) is 1.68. The molecule has 0 aliphatic heterocycles. The van der Waals surface area contributed by atoms with Gasteiger partial charge in [0.25, 0.3) is 0 Å². The highest BCUT2D eigenvalue weighted by Crippen LogP contribution is 2.10. The number of aromatic amines is 1. The van der Waals surface area contributed by atoms with Crippen LogP contribution in [-0.2, 0) is 0 Å². The van der Waals surface area contributed by atoms with E-state index < -0.39 is 0 Å². The lowest BCUT2D eigenvalue weighted by atomic mass is 10.3. The van der Waals surface area contributed by atoms with Crippen molar-refractivity contribution >= 4 is 28.1 Å². The summed E-state index contributed by atoms with van der Waals surface area (Å²) in [4.78, 5) is 2.76. The Morgan fingerprint density at radius 3 is 2.90 bits per heavy atom. The van der Waals surface area contributed by atoms with E-state index >= 15 is 0 Å². The van der Waals surface area contributed by atoms with Crippen molar-refractivity contribution in [2.45, 2.75) is 0 Å². The summed E-state index contributed by atoms with van der Waals surface area (Å²) in [6.07, 6.45) is 1.58. The summed E-state index contributed by atoms with van der Waals surface area (Å²) in [6.45, 7) is 0. The number of nitriles is 1. The molecule has 1 rings (SSSR count). The van der Waals surface area contributed by atoms with Gasteiger partial charge in [0.05, 0.1) is 10.0 Å². The van der Waals surface area contributed by atoms with E-state index in [0.29, 0.717) is 10.2 Å². The zero-order valence-corrected chi connectivity index (χ0v) is 7.29. The molecule has 0 aliphatic carbocycles. The largest absolute Gasteiger partial charge is 0.351 e. The quantitative estimate of drug-likeness (QED) is 0.675. The molecule has 10 heavy (non-hydrogen) atoms. The minimum Gasteiger partial charge on any atom is -0.351 e. The molecule has 0 aromatic carbocycles. The van der Waals surface area contributed by atoms with Crippen molar-refractivity contribution in [1.29, 1.82) is 5.26 Å². The van der Waals surface area contributed by atoms with Gasteiger partial charge in [0, 0.05) is 6.20 Å². The summed E-state index contributed by atoms with van der Waals surface area (Å²) in [7, 11) is 0. The van der Waals surface area contributed by atoms with Crippen LogP contribution in [0.15, 0.2) is 16.7 Å². The number of nitrogens with zero attached hydrogens (tertiary/aromatic N) is 1. The molecule has 0 spiro atoms. The van der Waals surface area contributed by atoms with Gasteiger partial charge in [-0.3, -0.25) is 0 Å². The van der Waals surface area contributed by atoms with Gasteiger partial charge in [-0.15, -0.1) is 0 Å². The first-order valence-corrected chi connectivity index (χ1v) is 3.72. The highest BCUT2D eigenvalue weighted by molar-refractivity contribution is 9.10. The second-order valence-corrected chi connectivity index (χ2v) is 2.94. The molecular weight excluding hydrogens is 212 g/mol. The van der Waals surface area contributed by atoms with Crippen molar-refractivity contribution in [3.63, 3.8) is 0 Å². The van der Waals surface area contributed by atoms with Crippen molar-refractivity contribution in [1.82, 2.24) is 4.98 Å². The van der Waals surface area contributed by atoms with E-state index in [-0.39, 0.29) is 0 Å². The third kappa shape index (κ3) is 1.43. The van der Waals surface area contributed by atoms with Crippen LogP contribution in [0.25, 0.3) is 0 Å². The van der Waals surface area contributed by atoms with E-state index in [1.807, 2.05) is 6.07 Å². The average Bonchev–Trinajstić information content (AvgIpc) is 1.95. The van der Waals surface area contributed by atoms with Crippen molar-refractivity contribution in [3.8, 4) is 6.07 Å². The first kappa shape index (κ1) is 7.45. The molecule has 0 aliphatic rings. The molecule has 1 N–H and O–H groups in total. The Hall–Kier alpha value is -0.660. The van der Waals surface area contributed by atoms with Gasteiger partial charge in [-0.05, 0) is 22.0 Å². The molecule has 0 saturated carbocycles. The lowest BCUT2D eigenvalue weighted by Crippen LogP contribution is -1.78. The molecule has 0 radical (unpaired) electrons. The van der Waals surface area contributed by atoms with Crippen LogP contribution in [0, 0.1) is 16.0 Å². The van der Waals surface area contributed by atoms with Crippen LogP contribution < -0.4 is 0 Å². The molecule has 0 atom stereocenters. The first-order chi connectivity index (χ1) is 4.74. The molecule has 0 saturated heterocycles. The summed E-state index contributed by atoms with van der Waals surface area (Å²) in [5.74, 6) is 0. The standard InChI is InChI=1S/C6H3BrN2S/c7-5-1-4(2-8)3-9-6(5)10/h1,3H,(H,9,10). The predicted octanol–water partition coefficient (Wildman–Crippen LogP) is 2.38. The number of H-pyrrole nitrogens is 1. The van der Waals surface area contributed by atoms with Gasteiger partial charge < -0.3 is 4.98 Å². The third-order valence-electron chi connectivity index (χ3n) is 0.987. The van der Waals surface area contributed by atoms with Crippen LogP contribution in [0.3, 0.4) is 0 Å². The Morgan fingerprint density at radius 1 is 1.70 bits per heavy atom. The number of hydrogen-bond acceptors (Lipinski definition) is 2. The predicted molar refractivity (Wildman–Crippen MR) is 44.0 cm³/mol. The maximum atomic E-state index is 8.43. The maximum Gasteiger partial charge on any atom is 0.117 e. The molecule has 1 heterocycles. The van der Waals surface area contributed by atoms with Crippen LogP contribution in [-0.4, -0.2) is 4.98 Å². The molecule has 0 fully saturated rings. The molecule has 50 valence electrons. The van der Waals surface area contributed by atoms with E-state index in [1.165, 1.54) is 0 Å². The average molecular weight is 215 g/mol. The van der Waals surface area contributed by atoms with E-state index in [2.05, 4.69) is 20.9 Å². The van der Waals surface area contributed by atoms with E-state index in [1.54, 1.807) is 12.3 Å². The Morgan fingerprint density at radius 2 is 2.40 bits per heavy atom. The van der Waals surface area contributed by atoms with Gasteiger partial charge >= 0.3 is 0 Å². The summed E-state index contributed by atoms with van der Waals surface area (Å²) in [5, 5.41) is 8.43. The van der Waals surface area contributed by atoms with E-state index in [9.17, 15) is 0 Å². The number of hydrogen-bond donors (Lipinski definition) is 1. The number of pyridine rings is 1. The summed E-state index contributed by atoms with van der Waals surface area (Å²) >= 11 is 8.05. The second kappa shape index (κ2) is 2.95. The van der Waals surface area contributed by atoms with Crippen molar-refractivity contribution in [2.24, 2.45) is 0 Å². The number of halogens is 1. The summed E-state index contributed by atoms with van der Waals surface area (Å²) in [6, 6.07) is 3.67. The van der Waals surface area contributed by atoms with E-state index in [0.717, 1.165) is 4.47 Å². The van der Waals surface area contributed by atoms with Crippen LogP contribution in [0.4, 0.5) is 0 Å². The fourth-order valence-corrected chi connectivity index (χ4v) is 0.999. The molecule has 2 nitrogen and oxygen atoms in total. The molecule has 0 unspecified atom stereocenters. The minimum absolute atomic E-state index is 0.570. The molecule has 0 bridgehead atoms. The molecule has 1 aromatic heterocycles. The van der Waals surface area contributed by atoms with Gasteiger partial charge in [0.1, 0.15) is 10.7 Å². The molecule has 4 heteroatoms. The number of rotatable bonds is 0. The zero-order valence-electron chi connectivity index (χ0n) is 4.89. The van der Waals surface area contributed by atoms with Crippen LogP contribution >= 0.6 is 28.1 Å². The Balaban J connectivity index is 3.34. The van der Waals surface area contributed by atoms with Gasteiger partial charge in [0.2, 0.25) is 0 Å². The van der Waals surface area contributed by atoms with Crippen molar-refractivity contribution < 1.29 is 0 Å². The topological polar surface area (TPSA) is 39.6 Å². The smallest absolute Gasteiger partial charge is 0.117 e. The van der Waals surface area contributed by atoms with E-state index in [4.69, 9.17) is 17.5 Å². The van der Waals surface area contributed by atoms with Gasteiger partial charge in [0.15, 0.2) is 0 Å². The molecule has 0 amide bonds. The molecule has 1 aromatic rings. The molecular formula is C6H3BrN2S. The SMILES string of the molecule is N#Cc1c[nH]c(=S)c(Br)c1. The Bertz CT molecular complexity index is 336. The first-order valence-electron chi connectivity index (χ1n) is 2.52. The van der Waals surface area contributed by atoms with Gasteiger partial charge in [-0.1, -0.05) is 12.2 Å². The summed E-state index contributed by atoms with van der Waals surface area (Å²) in [5.41, 5.74) is 0.570. The fourth-order valence-electron chi connectivity index (χ4n) is 0.521.